The smallest absolute Gasteiger partial charge is 0.190 e. The average molecular weight is 459 g/mol. The molecule has 2 rings (SSSR count). The number of fused-ring (bicyclic) bond motifs is 1. The maximum Gasteiger partial charge on any atom is 0.190 e. The van der Waals surface area contributed by atoms with Crippen molar-refractivity contribution in [2.45, 2.75) is 26.7 Å². The third kappa shape index (κ3) is 8.09. The Labute approximate surface area is 167 Å². The monoisotopic (exact) mass is 459 g/mol. The standard InChI is InChI=1S/C19H29N3O2.HI/c1-15(2)14-23-12-6-10-21-19(20-3)22-11-9-17-13-16-7-4-5-8-18(16)24-17;/h4-5,7-8,13,15H,6,9-12,14H2,1-3H3,(H2,20,21,22);1H. The molecule has 2 N–H and O–H groups in total. The summed E-state index contributed by atoms with van der Waals surface area (Å²) in [6.45, 7) is 7.55. The molecular weight excluding hydrogens is 429 g/mol. The van der Waals surface area contributed by atoms with Gasteiger partial charge >= 0.3 is 0 Å². The summed E-state index contributed by atoms with van der Waals surface area (Å²) in [7, 11) is 1.78. The van der Waals surface area contributed by atoms with Crippen LogP contribution in [0.2, 0.25) is 0 Å². The minimum Gasteiger partial charge on any atom is -0.461 e. The van der Waals surface area contributed by atoms with Crippen LogP contribution in [0.5, 0.6) is 0 Å². The van der Waals surface area contributed by atoms with E-state index >= 15 is 0 Å². The molecular formula is C19H30IN3O2. The lowest BCUT2D eigenvalue weighted by Gasteiger charge is -2.11. The van der Waals surface area contributed by atoms with Gasteiger partial charge in [0, 0.05) is 45.2 Å². The summed E-state index contributed by atoms with van der Waals surface area (Å²) >= 11 is 0. The lowest BCUT2D eigenvalue weighted by Crippen LogP contribution is -2.39. The second-order valence-corrected chi connectivity index (χ2v) is 6.25. The first-order chi connectivity index (χ1) is 11.7. The molecule has 0 fully saturated rings. The molecule has 0 spiro atoms. The van der Waals surface area contributed by atoms with Crippen molar-refractivity contribution in [3.05, 3.63) is 36.1 Å². The second kappa shape index (κ2) is 12.1. The molecule has 0 aliphatic heterocycles. The number of benzene rings is 1. The molecule has 0 amide bonds. The Morgan fingerprint density at radius 2 is 1.96 bits per heavy atom. The Bertz CT molecular complexity index is 607. The maximum atomic E-state index is 5.81. The zero-order valence-electron chi connectivity index (χ0n) is 15.4. The zero-order chi connectivity index (χ0) is 17.2. The highest BCUT2D eigenvalue weighted by Gasteiger charge is 2.03. The Balaban J connectivity index is 0.00000312. The van der Waals surface area contributed by atoms with Gasteiger partial charge in [-0.1, -0.05) is 32.0 Å². The molecule has 0 aliphatic carbocycles. The van der Waals surface area contributed by atoms with E-state index in [1.165, 1.54) is 0 Å². The highest BCUT2D eigenvalue weighted by molar-refractivity contribution is 14.0. The van der Waals surface area contributed by atoms with E-state index in [1.807, 2.05) is 18.2 Å². The van der Waals surface area contributed by atoms with Gasteiger partial charge < -0.3 is 19.8 Å². The van der Waals surface area contributed by atoms with Crippen molar-refractivity contribution < 1.29 is 9.15 Å². The van der Waals surface area contributed by atoms with E-state index in [0.717, 1.165) is 61.8 Å². The van der Waals surface area contributed by atoms with Crippen LogP contribution < -0.4 is 10.6 Å². The SMILES string of the molecule is CN=C(NCCCOCC(C)C)NCCc1cc2ccccc2o1.I. The Hall–Kier alpha value is -1.28. The normalized spacial score (nSPS) is 11.6. The molecule has 0 bridgehead atoms. The predicted octanol–water partition coefficient (Wildman–Crippen LogP) is 3.82. The van der Waals surface area contributed by atoms with Crippen LogP contribution in [0.25, 0.3) is 11.0 Å². The largest absolute Gasteiger partial charge is 0.461 e. The molecule has 0 saturated carbocycles. The molecule has 140 valence electrons. The van der Waals surface area contributed by atoms with Gasteiger partial charge in [-0.05, 0) is 24.5 Å². The summed E-state index contributed by atoms with van der Waals surface area (Å²) in [5.41, 5.74) is 0.941. The van der Waals surface area contributed by atoms with Crippen LogP contribution in [0.4, 0.5) is 0 Å². The molecule has 5 nitrogen and oxygen atoms in total. The molecule has 1 aromatic carbocycles. The van der Waals surface area contributed by atoms with Gasteiger partial charge in [-0.25, -0.2) is 0 Å². The third-order valence-corrected chi connectivity index (χ3v) is 3.57. The van der Waals surface area contributed by atoms with E-state index < -0.39 is 0 Å². The average Bonchev–Trinajstić information content (AvgIpc) is 2.98. The van der Waals surface area contributed by atoms with Crippen molar-refractivity contribution in [1.82, 2.24) is 10.6 Å². The fourth-order valence-corrected chi connectivity index (χ4v) is 2.38. The van der Waals surface area contributed by atoms with Gasteiger partial charge in [0.15, 0.2) is 5.96 Å². The maximum absolute atomic E-state index is 5.81. The van der Waals surface area contributed by atoms with Crippen molar-refractivity contribution in [2.75, 3.05) is 33.4 Å². The number of furan rings is 1. The Kier molecular flexibility index (Phi) is 10.6. The number of hydrogen-bond donors (Lipinski definition) is 2. The fraction of sp³-hybridized carbons (Fsp3) is 0.526. The zero-order valence-corrected chi connectivity index (χ0v) is 17.7. The van der Waals surface area contributed by atoms with Crippen LogP contribution in [-0.4, -0.2) is 39.3 Å². The first-order valence-electron chi connectivity index (χ1n) is 8.68. The van der Waals surface area contributed by atoms with Crippen LogP contribution in [0.3, 0.4) is 0 Å². The number of hydrogen-bond acceptors (Lipinski definition) is 3. The van der Waals surface area contributed by atoms with Crippen LogP contribution in [0.15, 0.2) is 39.7 Å². The lowest BCUT2D eigenvalue weighted by atomic mass is 10.2. The summed E-state index contributed by atoms with van der Waals surface area (Å²) in [6.07, 6.45) is 1.80. The van der Waals surface area contributed by atoms with Crippen molar-refractivity contribution in [3.63, 3.8) is 0 Å². The van der Waals surface area contributed by atoms with E-state index in [1.54, 1.807) is 7.05 Å². The van der Waals surface area contributed by atoms with E-state index in [2.05, 4.69) is 41.6 Å². The summed E-state index contributed by atoms with van der Waals surface area (Å²) in [5.74, 6) is 2.39. The fourth-order valence-electron chi connectivity index (χ4n) is 2.38. The van der Waals surface area contributed by atoms with Gasteiger partial charge in [-0.15, -0.1) is 24.0 Å². The summed E-state index contributed by atoms with van der Waals surface area (Å²) in [5, 5.41) is 7.76. The van der Waals surface area contributed by atoms with Gasteiger partial charge in [0.25, 0.3) is 0 Å². The number of guanidine groups is 1. The number of aliphatic imine (C=N–C) groups is 1. The number of nitrogens with one attached hydrogen (secondary N) is 2. The number of para-hydroxylation sites is 1. The van der Waals surface area contributed by atoms with E-state index in [9.17, 15) is 0 Å². The van der Waals surface area contributed by atoms with Gasteiger partial charge in [-0.3, -0.25) is 4.99 Å². The van der Waals surface area contributed by atoms with Crippen LogP contribution in [-0.2, 0) is 11.2 Å². The van der Waals surface area contributed by atoms with Gasteiger partial charge in [0.05, 0.1) is 0 Å². The summed E-state index contributed by atoms with van der Waals surface area (Å²) < 4.78 is 11.4. The molecule has 0 saturated heterocycles. The topological polar surface area (TPSA) is 58.8 Å². The molecule has 6 heteroatoms. The molecule has 0 atom stereocenters. The number of halogens is 1. The van der Waals surface area contributed by atoms with Crippen LogP contribution >= 0.6 is 24.0 Å². The van der Waals surface area contributed by atoms with Gasteiger partial charge in [0.2, 0.25) is 0 Å². The summed E-state index contributed by atoms with van der Waals surface area (Å²) in [6, 6.07) is 10.2. The van der Waals surface area contributed by atoms with Gasteiger partial charge in [0.1, 0.15) is 11.3 Å². The van der Waals surface area contributed by atoms with Crippen LogP contribution in [0, 0.1) is 5.92 Å². The van der Waals surface area contributed by atoms with E-state index in [0.29, 0.717) is 5.92 Å². The molecule has 25 heavy (non-hydrogen) atoms. The number of ether oxygens (including phenoxy) is 1. The molecule has 0 aliphatic rings. The molecule has 1 aromatic heterocycles. The van der Waals surface area contributed by atoms with Crippen molar-refractivity contribution in [2.24, 2.45) is 10.9 Å². The first-order valence-corrected chi connectivity index (χ1v) is 8.68. The minimum absolute atomic E-state index is 0. The van der Waals surface area contributed by atoms with E-state index in [-0.39, 0.29) is 24.0 Å². The Morgan fingerprint density at radius 1 is 1.20 bits per heavy atom. The predicted molar refractivity (Wildman–Crippen MR) is 115 cm³/mol. The van der Waals surface area contributed by atoms with E-state index in [4.69, 9.17) is 9.15 Å². The highest BCUT2D eigenvalue weighted by Crippen LogP contribution is 2.18. The second-order valence-electron chi connectivity index (χ2n) is 6.25. The molecule has 1 heterocycles. The van der Waals surface area contributed by atoms with Crippen LogP contribution in [0.1, 0.15) is 26.0 Å². The highest BCUT2D eigenvalue weighted by atomic mass is 127. The first kappa shape index (κ1) is 21.8. The van der Waals surface area contributed by atoms with Crippen molar-refractivity contribution in [1.29, 1.82) is 0 Å². The van der Waals surface area contributed by atoms with Crippen molar-refractivity contribution >= 4 is 40.9 Å². The number of rotatable bonds is 9. The quantitative estimate of drug-likeness (QED) is 0.259. The van der Waals surface area contributed by atoms with Gasteiger partial charge in [-0.2, -0.15) is 0 Å². The summed E-state index contributed by atoms with van der Waals surface area (Å²) in [4.78, 5) is 4.23. The Morgan fingerprint density at radius 3 is 2.68 bits per heavy atom. The molecule has 0 unspecified atom stereocenters. The van der Waals surface area contributed by atoms with Crippen molar-refractivity contribution in [3.8, 4) is 0 Å². The molecule has 0 radical (unpaired) electrons. The minimum atomic E-state index is 0. The third-order valence-electron chi connectivity index (χ3n) is 3.57. The molecule has 2 aromatic rings. The number of nitrogens with zero attached hydrogens (tertiary/aromatic N) is 1. The lowest BCUT2D eigenvalue weighted by molar-refractivity contribution is 0.108.